The molecule has 1 aliphatic heterocycles. The first-order valence-electron chi connectivity index (χ1n) is 12.4. The highest BCUT2D eigenvalue weighted by atomic mass is 32.2. The third kappa shape index (κ3) is 5.65. The van der Waals surface area contributed by atoms with E-state index in [-0.39, 0.29) is 30.3 Å². The molecule has 2 heterocycles. The van der Waals surface area contributed by atoms with Crippen LogP contribution >= 0.6 is 0 Å². The van der Waals surface area contributed by atoms with Crippen LogP contribution in [0.25, 0.3) is 5.69 Å². The van der Waals surface area contributed by atoms with Crippen LogP contribution in [0.1, 0.15) is 18.9 Å². The Bertz CT molecular complexity index is 1470. The first-order valence-corrected chi connectivity index (χ1v) is 14.0. The largest absolute Gasteiger partial charge is 0.486 e. The SMILES string of the molecule is CC1CC1COc1c(N2CCN(S(=O)(=O)Cc3ccc(N)cc3)CC2)cnn(-c2cc(F)cc(F)c2)c1=O. The molecule has 2 N–H and O–H groups in total. The van der Waals surface area contributed by atoms with E-state index < -0.39 is 27.2 Å². The molecule has 0 spiro atoms. The van der Waals surface area contributed by atoms with Gasteiger partial charge in [0.25, 0.3) is 0 Å². The number of benzene rings is 2. The molecule has 3 aromatic rings. The standard InChI is InChI=1S/C26H29F2N5O4S/c1-17-10-19(17)15-37-25-24(14-30-33(26(25)34)23-12-20(27)11-21(28)13-23)31-6-8-32(9-7-31)38(35,36)16-18-2-4-22(29)5-3-18/h2-5,11-14,17,19H,6-10,15-16,29H2,1H3. The molecule has 1 saturated carbocycles. The van der Waals surface area contributed by atoms with E-state index in [0.717, 1.165) is 29.3 Å². The van der Waals surface area contributed by atoms with Gasteiger partial charge in [0.15, 0.2) is 0 Å². The van der Waals surface area contributed by atoms with Gasteiger partial charge in [-0.15, -0.1) is 0 Å². The first-order chi connectivity index (χ1) is 18.1. The van der Waals surface area contributed by atoms with Gasteiger partial charge in [0, 0.05) is 37.9 Å². The maximum Gasteiger partial charge on any atom is 0.316 e. The molecule has 2 aliphatic rings. The van der Waals surface area contributed by atoms with E-state index in [0.29, 0.717) is 48.5 Å². The van der Waals surface area contributed by atoms with Gasteiger partial charge >= 0.3 is 5.56 Å². The van der Waals surface area contributed by atoms with Crippen LogP contribution in [0.15, 0.2) is 53.5 Å². The highest BCUT2D eigenvalue weighted by Gasteiger charge is 2.34. The number of hydrogen-bond donors (Lipinski definition) is 1. The Morgan fingerprint density at radius 2 is 1.68 bits per heavy atom. The normalized spacial score (nSPS) is 19.9. The second kappa shape index (κ2) is 10.3. The quantitative estimate of drug-likeness (QED) is 0.434. The van der Waals surface area contributed by atoms with Crippen LogP contribution in [0.5, 0.6) is 5.75 Å². The second-order valence-corrected chi connectivity index (χ2v) is 11.8. The molecular formula is C26H29F2N5O4S. The number of ether oxygens (including phenoxy) is 1. The van der Waals surface area contributed by atoms with Crippen molar-refractivity contribution in [1.82, 2.24) is 14.1 Å². The van der Waals surface area contributed by atoms with Gasteiger partial charge in [-0.25, -0.2) is 17.2 Å². The summed E-state index contributed by atoms with van der Waals surface area (Å²) in [5, 5.41) is 4.16. The highest BCUT2D eigenvalue weighted by molar-refractivity contribution is 7.88. The van der Waals surface area contributed by atoms with Gasteiger partial charge in [-0.2, -0.15) is 14.1 Å². The lowest BCUT2D eigenvalue weighted by atomic mass is 10.2. The fourth-order valence-electron chi connectivity index (χ4n) is 4.58. The molecule has 0 radical (unpaired) electrons. The zero-order valence-corrected chi connectivity index (χ0v) is 21.7. The van der Waals surface area contributed by atoms with Gasteiger partial charge in [0.05, 0.1) is 24.2 Å². The zero-order chi connectivity index (χ0) is 27.0. The Kier molecular flexibility index (Phi) is 7.10. The van der Waals surface area contributed by atoms with E-state index in [9.17, 15) is 22.0 Å². The molecule has 2 atom stereocenters. The Labute approximate surface area is 219 Å². The molecule has 2 unspecified atom stereocenters. The molecule has 0 bridgehead atoms. The fourth-order valence-corrected chi connectivity index (χ4v) is 6.10. The molecular weight excluding hydrogens is 516 g/mol. The van der Waals surface area contributed by atoms with Crippen molar-refractivity contribution in [3.05, 3.63) is 76.2 Å². The minimum absolute atomic E-state index is 0.0296. The van der Waals surface area contributed by atoms with Gasteiger partial charge < -0.3 is 15.4 Å². The average molecular weight is 546 g/mol. The third-order valence-electron chi connectivity index (χ3n) is 7.03. The number of nitrogen functional groups attached to an aromatic ring is 1. The Morgan fingerprint density at radius 1 is 1.05 bits per heavy atom. The van der Waals surface area contributed by atoms with Crippen molar-refractivity contribution in [2.24, 2.45) is 11.8 Å². The van der Waals surface area contributed by atoms with Crippen molar-refractivity contribution in [2.75, 3.05) is 43.4 Å². The summed E-state index contributed by atoms with van der Waals surface area (Å²) in [5.41, 5.74) is 6.63. The number of aromatic nitrogens is 2. The molecule has 2 aromatic carbocycles. The third-order valence-corrected chi connectivity index (χ3v) is 8.88. The van der Waals surface area contributed by atoms with Crippen LogP contribution in [0.4, 0.5) is 20.2 Å². The number of nitrogens with two attached hydrogens (primary N) is 1. The highest BCUT2D eigenvalue weighted by Crippen LogP contribution is 2.38. The number of hydrogen-bond acceptors (Lipinski definition) is 7. The Hall–Kier alpha value is -3.51. The number of rotatable bonds is 8. The van der Waals surface area contributed by atoms with Crippen LogP contribution in [0, 0.1) is 23.5 Å². The fraction of sp³-hybridized carbons (Fsp3) is 0.385. The van der Waals surface area contributed by atoms with Crippen LogP contribution in [0.2, 0.25) is 0 Å². The van der Waals surface area contributed by atoms with Gasteiger partial charge in [-0.1, -0.05) is 19.1 Å². The van der Waals surface area contributed by atoms with Crippen molar-refractivity contribution >= 4 is 21.4 Å². The molecule has 0 amide bonds. The summed E-state index contributed by atoms with van der Waals surface area (Å²) < 4.78 is 62.0. The molecule has 38 heavy (non-hydrogen) atoms. The number of anilines is 2. The lowest BCUT2D eigenvalue weighted by molar-refractivity contribution is 0.286. The van der Waals surface area contributed by atoms with E-state index in [2.05, 4.69) is 12.0 Å². The lowest BCUT2D eigenvalue weighted by Gasteiger charge is -2.35. The predicted octanol–water partition coefficient (Wildman–Crippen LogP) is 2.78. The van der Waals surface area contributed by atoms with Crippen molar-refractivity contribution in [3.8, 4) is 11.4 Å². The molecule has 2 fully saturated rings. The summed E-state index contributed by atoms with van der Waals surface area (Å²) in [7, 11) is -3.56. The van der Waals surface area contributed by atoms with E-state index in [1.54, 1.807) is 24.3 Å². The number of piperazine rings is 1. The van der Waals surface area contributed by atoms with Crippen molar-refractivity contribution < 1.29 is 21.9 Å². The number of nitrogens with zero attached hydrogens (tertiary/aromatic N) is 4. The smallest absolute Gasteiger partial charge is 0.316 e. The summed E-state index contributed by atoms with van der Waals surface area (Å²) in [6.45, 7) is 3.50. The molecule has 5 rings (SSSR count). The minimum Gasteiger partial charge on any atom is -0.486 e. The van der Waals surface area contributed by atoms with Crippen molar-refractivity contribution in [2.45, 2.75) is 19.1 Å². The molecule has 1 aliphatic carbocycles. The summed E-state index contributed by atoms with van der Waals surface area (Å²) >= 11 is 0. The monoisotopic (exact) mass is 545 g/mol. The lowest BCUT2D eigenvalue weighted by Crippen LogP contribution is -2.49. The molecule has 1 aromatic heterocycles. The number of sulfonamides is 1. The van der Waals surface area contributed by atoms with E-state index in [1.165, 1.54) is 10.5 Å². The van der Waals surface area contributed by atoms with Crippen LogP contribution < -0.4 is 20.9 Å². The van der Waals surface area contributed by atoms with E-state index in [1.807, 2.05) is 4.90 Å². The van der Waals surface area contributed by atoms with E-state index in [4.69, 9.17) is 10.5 Å². The van der Waals surface area contributed by atoms with Gasteiger partial charge in [-0.05, 0) is 48.1 Å². The average Bonchev–Trinajstić information content (AvgIpc) is 3.58. The topological polar surface area (TPSA) is 111 Å². The maximum absolute atomic E-state index is 13.8. The molecule has 12 heteroatoms. The number of halogens is 2. The van der Waals surface area contributed by atoms with Crippen molar-refractivity contribution in [3.63, 3.8) is 0 Å². The summed E-state index contributed by atoms with van der Waals surface area (Å²) in [4.78, 5) is 15.3. The first kappa shape index (κ1) is 26.1. The van der Waals surface area contributed by atoms with Crippen LogP contribution in [-0.4, -0.2) is 55.3 Å². The molecule has 1 saturated heterocycles. The predicted molar refractivity (Wildman–Crippen MR) is 140 cm³/mol. The minimum atomic E-state index is -3.56. The van der Waals surface area contributed by atoms with E-state index >= 15 is 0 Å². The maximum atomic E-state index is 13.8. The Balaban J connectivity index is 1.37. The Morgan fingerprint density at radius 3 is 2.29 bits per heavy atom. The van der Waals surface area contributed by atoms with Crippen molar-refractivity contribution in [1.29, 1.82) is 0 Å². The van der Waals surface area contributed by atoms with Crippen LogP contribution in [-0.2, 0) is 15.8 Å². The zero-order valence-electron chi connectivity index (χ0n) is 20.9. The second-order valence-electron chi connectivity index (χ2n) is 9.87. The van der Waals surface area contributed by atoms with Crippen LogP contribution in [0.3, 0.4) is 0 Å². The summed E-state index contributed by atoms with van der Waals surface area (Å²) in [5.74, 6) is -0.947. The molecule has 9 nitrogen and oxygen atoms in total. The van der Waals surface area contributed by atoms with Gasteiger partial charge in [0.2, 0.25) is 15.8 Å². The summed E-state index contributed by atoms with van der Waals surface area (Å²) in [6.07, 6.45) is 2.42. The van der Waals surface area contributed by atoms with Gasteiger partial charge in [-0.3, -0.25) is 4.79 Å². The van der Waals surface area contributed by atoms with Gasteiger partial charge in [0.1, 0.15) is 17.3 Å². The molecule has 202 valence electrons. The summed E-state index contributed by atoms with van der Waals surface area (Å²) in [6, 6.07) is 9.48.